The Hall–Kier alpha value is -2.95. The van der Waals surface area contributed by atoms with Crippen molar-refractivity contribution in [3.63, 3.8) is 0 Å². The van der Waals surface area contributed by atoms with Crippen LogP contribution in [-0.4, -0.2) is 15.6 Å². The second-order valence-electron chi connectivity index (χ2n) is 6.06. The lowest BCUT2D eigenvalue weighted by molar-refractivity contribution is 0.100. The molecule has 5 nitrogen and oxygen atoms in total. The van der Waals surface area contributed by atoms with Crippen LogP contribution in [0.25, 0.3) is 10.9 Å². The maximum atomic E-state index is 12.9. The van der Waals surface area contributed by atoms with Gasteiger partial charge in [0.15, 0.2) is 0 Å². The summed E-state index contributed by atoms with van der Waals surface area (Å²) in [6, 6.07) is 16.1. The average molecular weight is 319 g/mol. The highest BCUT2D eigenvalue weighted by Gasteiger charge is 2.26. The molecule has 3 aromatic rings. The Morgan fingerprint density at radius 2 is 1.75 bits per heavy atom. The fourth-order valence-corrected chi connectivity index (χ4v) is 2.95. The lowest BCUT2D eigenvalue weighted by atomic mass is 9.84. The SMILES string of the molecule is O=C(Nn1c(C2CCC2)nc2ccccc2c1=O)c1ccccc1. The van der Waals surface area contributed by atoms with Gasteiger partial charge < -0.3 is 0 Å². The van der Waals surface area contributed by atoms with Crippen molar-refractivity contribution in [1.29, 1.82) is 0 Å². The molecule has 0 atom stereocenters. The van der Waals surface area contributed by atoms with E-state index < -0.39 is 0 Å². The van der Waals surface area contributed by atoms with Gasteiger partial charge in [0, 0.05) is 11.5 Å². The van der Waals surface area contributed by atoms with Gasteiger partial charge in [-0.1, -0.05) is 36.8 Å². The van der Waals surface area contributed by atoms with Gasteiger partial charge in [0.25, 0.3) is 11.5 Å². The van der Waals surface area contributed by atoms with Crippen LogP contribution in [0.5, 0.6) is 0 Å². The van der Waals surface area contributed by atoms with Crippen LogP contribution in [0.15, 0.2) is 59.4 Å². The first-order chi connectivity index (χ1) is 11.7. The molecule has 0 unspecified atom stereocenters. The van der Waals surface area contributed by atoms with Crippen LogP contribution in [0, 0.1) is 0 Å². The molecule has 1 heterocycles. The number of carbonyl (C=O) groups excluding carboxylic acids is 1. The maximum absolute atomic E-state index is 12.9. The molecule has 120 valence electrons. The second-order valence-corrected chi connectivity index (χ2v) is 6.06. The number of aromatic nitrogens is 2. The van der Waals surface area contributed by atoms with Crippen LogP contribution in [0.4, 0.5) is 0 Å². The smallest absolute Gasteiger partial charge is 0.267 e. The third-order valence-electron chi connectivity index (χ3n) is 4.52. The maximum Gasteiger partial charge on any atom is 0.280 e. The van der Waals surface area contributed by atoms with Crippen LogP contribution in [0.3, 0.4) is 0 Å². The number of para-hydroxylation sites is 1. The fourth-order valence-electron chi connectivity index (χ4n) is 2.95. The minimum absolute atomic E-state index is 0.221. The molecule has 1 amide bonds. The molecule has 2 aromatic carbocycles. The van der Waals surface area contributed by atoms with E-state index in [1.54, 1.807) is 36.4 Å². The van der Waals surface area contributed by atoms with E-state index in [0.717, 1.165) is 19.3 Å². The molecule has 0 aliphatic heterocycles. The average Bonchev–Trinajstić information content (AvgIpc) is 2.57. The Kier molecular flexibility index (Phi) is 3.61. The summed E-state index contributed by atoms with van der Waals surface area (Å²) in [7, 11) is 0. The van der Waals surface area contributed by atoms with E-state index in [1.165, 1.54) is 4.68 Å². The molecule has 4 rings (SSSR count). The van der Waals surface area contributed by atoms with Gasteiger partial charge in [-0.05, 0) is 37.1 Å². The van der Waals surface area contributed by atoms with Crippen molar-refractivity contribution in [1.82, 2.24) is 9.66 Å². The van der Waals surface area contributed by atoms with E-state index >= 15 is 0 Å². The summed E-state index contributed by atoms with van der Waals surface area (Å²) in [5.41, 5.74) is 3.70. The summed E-state index contributed by atoms with van der Waals surface area (Å²) >= 11 is 0. The quantitative estimate of drug-likeness (QED) is 0.807. The highest BCUT2D eigenvalue weighted by Crippen LogP contribution is 2.35. The normalized spacial score (nSPS) is 14.3. The zero-order valence-electron chi connectivity index (χ0n) is 13.1. The molecule has 1 aliphatic rings. The van der Waals surface area contributed by atoms with Crippen LogP contribution in [0.1, 0.15) is 41.4 Å². The molecule has 0 spiro atoms. The highest BCUT2D eigenvalue weighted by molar-refractivity contribution is 6.00. The predicted octanol–water partition coefficient (Wildman–Crippen LogP) is 3.05. The van der Waals surface area contributed by atoms with Gasteiger partial charge in [0.1, 0.15) is 5.82 Å². The molecule has 5 heteroatoms. The molecular formula is C19H17N3O2. The van der Waals surface area contributed by atoms with E-state index in [1.807, 2.05) is 18.2 Å². The summed E-state index contributed by atoms with van der Waals surface area (Å²) in [6.45, 7) is 0. The number of fused-ring (bicyclic) bond motifs is 1. The van der Waals surface area contributed by atoms with Gasteiger partial charge in [-0.2, -0.15) is 0 Å². The molecule has 1 saturated carbocycles. The molecule has 1 aliphatic carbocycles. The highest BCUT2D eigenvalue weighted by atomic mass is 16.2. The van der Waals surface area contributed by atoms with Crippen LogP contribution >= 0.6 is 0 Å². The number of hydrogen-bond acceptors (Lipinski definition) is 3. The third kappa shape index (κ3) is 2.48. The Bertz CT molecular complexity index is 959. The number of amides is 1. The van der Waals surface area contributed by atoms with Crippen LogP contribution in [0.2, 0.25) is 0 Å². The monoisotopic (exact) mass is 319 g/mol. The number of nitrogens with one attached hydrogen (secondary N) is 1. The van der Waals surface area contributed by atoms with Crippen molar-refractivity contribution in [2.24, 2.45) is 0 Å². The standard InChI is InChI=1S/C19H17N3O2/c23-18(14-7-2-1-3-8-14)21-22-17(13-9-6-10-13)20-16-12-5-4-11-15(16)19(22)24/h1-5,7-8,11-13H,6,9-10H2,(H,21,23). The number of hydrogen-bond donors (Lipinski definition) is 1. The predicted molar refractivity (Wildman–Crippen MR) is 92.7 cm³/mol. The Balaban J connectivity index is 1.82. The van der Waals surface area contributed by atoms with Gasteiger partial charge in [-0.25, -0.2) is 9.66 Å². The van der Waals surface area contributed by atoms with Crippen molar-refractivity contribution in [2.75, 3.05) is 5.43 Å². The van der Waals surface area contributed by atoms with E-state index in [4.69, 9.17) is 0 Å². The summed E-state index contributed by atoms with van der Waals surface area (Å²) in [5, 5.41) is 0.508. The Labute approximate surface area is 138 Å². The van der Waals surface area contributed by atoms with E-state index in [2.05, 4.69) is 10.4 Å². The Morgan fingerprint density at radius 3 is 2.46 bits per heavy atom. The molecule has 0 radical (unpaired) electrons. The van der Waals surface area contributed by atoms with Gasteiger partial charge in [-0.3, -0.25) is 15.0 Å². The van der Waals surface area contributed by atoms with E-state index in [-0.39, 0.29) is 17.4 Å². The minimum atomic E-state index is -0.310. The molecular weight excluding hydrogens is 302 g/mol. The molecule has 0 bridgehead atoms. The van der Waals surface area contributed by atoms with Crippen molar-refractivity contribution in [3.8, 4) is 0 Å². The number of nitrogens with zero attached hydrogens (tertiary/aromatic N) is 2. The summed E-state index contributed by atoms with van der Waals surface area (Å²) < 4.78 is 1.33. The lowest BCUT2D eigenvalue weighted by Crippen LogP contribution is -2.38. The molecule has 1 aromatic heterocycles. The summed E-state index contributed by atoms with van der Waals surface area (Å²) in [5.74, 6) is 0.558. The zero-order valence-corrected chi connectivity index (χ0v) is 13.1. The third-order valence-corrected chi connectivity index (χ3v) is 4.52. The fraction of sp³-hybridized carbons (Fsp3) is 0.211. The first kappa shape index (κ1) is 14.6. The lowest BCUT2D eigenvalue weighted by Gasteiger charge is -2.27. The summed E-state index contributed by atoms with van der Waals surface area (Å²) in [6.07, 6.45) is 3.11. The largest absolute Gasteiger partial charge is 0.280 e. The van der Waals surface area contributed by atoms with Gasteiger partial charge in [-0.15, -0.1) is 0 Å². The van der Waals surface area contributed by atoms with E-state index in [9.17, 15) is 9.59 Å². The minimum Gasteiger partial charge on any atom is -0.267 e. The van der Waals surface area contributed by atoms with E-state index in [0.29, 0.717) is 22.3 Å². The molecule has 24 heavy (non-hydrogen) atoms. The number of rotatable bonds is 3. The van der Waals surface area contributed by atoms with Gasteiger partial charge in [0.05, 0.1) is 10.9 Å². The van der Waals surface area contributed by atoms with Gasteiger partial charge in [0.2, 0.25) is 0 Å². The number of carbonyl (C=O) groups is 1. The van der Waals surface area contributed by atoms with Crippen LogP contribution in [-0.2, 0) is 0 Å². The van der Waals surface area contributed by atoms with Crippen LogP contribution < -0.4 is 11.0 Å². The second kappa shape index (κ2) is 5.92. The zero-order chi connectivity index (χ0) is 16.5. The first-order valence-corrected chi connectivity index (χ1v) is 8.12. The van der Waals surface area contributed by atoms with Gasteiger partial charge >= 0.3 is 0 Å². The topological polar surface area (TPSA) is 64.0 Å². The molecule has 0 saturated heterocycles. The summed E-state index contributed by atoms with van der Waals surface area (Å²) in [4.78, 5) is 30.0. The first-order valence-electron chi connectivity index (χ1n) is 8.12. The van der Waals surface area contributed by atoms with Crippen molar-refractivity contribution < 1.29 is 4.79 Å². The molecule has 1 fully saturated rings. The number of benzene rings is 2. The molecule has 1 N–H and O–H groups in total. The Morgan fingerprint density at radius 1 is 1.04 bits per heavy atom. The van der Waals surface area contributed by atoms with Crippen molar-refractivity contribution >= 4 is 16.8 Å². The van der Waals surface area contributed by atoms with Crippen molar-refractivity contribution in [3.05, 3.63) is 76.3 Å². The van der Waals surface area contributed by atoms with Crippen molar-refractivity contribution in [2.45, 2.75) is 25.2 Å².